The standard InChI is InChI=1S/C5H5Cl2NO3S/c6-5(7)2-1-3-12(10,11)8-4-9/h1-2,5H,3H2. The number of isocyanates is 1. The maximum atomic E-state index is 10.6. The first-order chi connectivity index (χ1) is 5.48. The molecule has 0 fully saturated rings. The van der Waals surface area contributed by atoms with Crippen molar-refractivity contribution in [3.63, 3.8) is 0 Å². The Hall–Kier alpha value is -0.350. The second-order valence-electron chi connectivity index (χ2n) is 1.69. The van der Waals surface area contributed by atoms with Gasteiger partial charge in [-0.2, -0.15) is 0 Å². The molecule has 4 nitrogen and oxygen atoms in total. The number of hydrogen-bond acceptors (Lipinski definition) is 3. The highest BCUT2D eigenvalue weighted by atomic mass is 35.5. The molecule has 68 valence electrons. The highest BCUT2D eigenvalue weighted by Crippen LogP contribution is 2.03. The quantitative estimate of drug-likeness (QED) is 0.313. The third kappa shape index (κ3) is 6.37. The van der Waals surface area contributed by atoms with Gasteiger partial charge in [0.25, 0.3) is 16.1 Å². The normalized spacial score (nSPS) is 11.9. The van der Waals surface area contributed by atoms with Crippen LogP contribution in [0.15, 0.2) is 16.5 Å². The van der Waals surface area contributed by atoms with Crippen LogP contribution < -0.4 is 0 Å². The fraction of sp³-hybridized carbons (Fsp3) is 0.400. The number of carbonyl (C=O) groups excluding carboxylic acids is 1. The molecule has 0 radical (unpaired) electrons. The summed E-state index contributed by atoms with van der Waals surface area (Å²) in [6.07, 6.45) is 3.41. The van der Waals surface area contributed by atoms with Crippen LogP contribution >= 0.6 is 23.2 Å². The lowest BCUT2D eigenvalue weighted by molar-refractivity contribution is 0.564. The smallest absolute Gasteiger partial charge is 0.210 e. The van der Waals surface area contributed by atoms with Crippen molar-refractivity contribution in [2.75, 3.05) is 5.75 Å². The van der Waals surface area contributed by atoms with E-state index in [1.54, 1.807) is 0 Å². The van der Waals surface area contributed by atoms with Crippen molar-refractivity contribution < 1.29 is 13.2 Å². The highest BCUT2D eigenvalue weighted by molar-refractivity contribution is 7.90. The van der Waals surface area contributed by atoms with Gasteiger partial charge < -0.3 is 0 Å². The fourth-order valence-electron chi connectivity index (χ4n) is 0.374. The summed E-state index contributed by atoms with van der Waals surface area (Å²) in [5.41, 5.74) is 0. The van der Waals surface area contributed by atoms with Gasteiger partial charge in [0.05, 0.1) is 5.75 Å². The lowest BCUT2D eigenvalue weighted by Gasteiger charge is -1.89. The Balaban J connectivity index is 4.20. The Kier molecular flexibility index (Phi) is 5.17. The van der Waals surface area contributed by atoms with Gasteiger partial charge in [0.1, 0.15) is 4.84 Å². The lowest BCUT2D eigenvalue weighted by atomic mass is 10.6. The maximum absolute atomic E-state index is 10.6. The van der Waals surface area contributed by atoms with Crippen molar-refractivity contribution in [1.29, 1.82) is 0 Å². The third-order valence-electron chi connectivity index (χ3n) is 0.765. The molecule has 7 heteroatoms. The highest BCUT2D eigenvalue weighted by Gasteiger charge is 2.04. The topological polar surface area (TPSA) is 63.6 Å². The predicted molar refractivity (Wildman–Crippen MR) is 46.5 cm³/mol. The van der Waals surface area contributed by atoms with Gasteiger partial charge in [0.2, 0.25) is 0 Å². The molecule has 0 aliphatic rings. The van der Waals surface area contributed by atoms with Crippen LogP contribution in [0, 0.1) is 0 Å². The van der Waals surface area contributed by atoms with Gasteiger partial charge >= 0.3 is 0 Å². The number of nitrogens with zero attached hydrogens (tertiary/aromatic N) is 1. The summed E-state index contributed by atoms with van der Waals surface area (Å²) in [4.78, 5) is 8.81. The zero-order valence-electron chi connectivity index (χ0n) is 5.78. The molecule has 0 aliphatic carbocycles. The van der Waals surface area contributed by atoms with E-state index in [2.05, 4.69) is 4.40 Å². The van der Waals surface area contributed by atoms with Gasteiger partial charge in [0.15, 0.2) is 0 Å². The van der Waals surface area contributed by atoms with E-state index in [0.29, 0.717) is 0 Å². The summed E-state index contributed by atoms with van der Waals surface area (Å²) in [5, 5.41) is 0. The summed E-state index contributed by atoms with van der Waals surface area (Å²) in [6, 6.07) is 0. The minimum atomic E-state index is -3.73. The van der Waals surface area contributed by atoms with Crippen molar-refractivity contribution in [3.8, 4) is 0 Å². The van der Waals surface area contributed by atoms with Crippen molar-refractivity contribution >= 4 is 39.3 Å². The average molecular weight is 230 g/mol. The van der Waals surface area contributed by atoms with Crippen molar-refractivity contribution in [1.82, 2.24) is 0 Å². The van der Waals surface area contributed by atoms with Gasteiger partial charge in [-0.05, 0) is 0 Å². The number of hydrogen-bond donors (Lipinski definition) is 0. The second-order valence-corrected chi connectivity index (χ2v) is 4.54. The molecule has 0 rings (SSSR count). The zero-order valence-corrected chi connectivity index (χ0v) is 8.10. The molecule has 0 saturated heterocycles. The number of rotatable bonds is 4. The van der Waals surface area contributed by atoms with Crippen LogP contribution in [0.4, 0.5) is 0 Å². The molecule has 0 N–H and O–H groups in total. The predicted octanol–water partition coefficient (Wildman–Crippen LogP) is 1.01. The number of halogens is 2. The van der Waals surface area contributed by atoms with Crippen molar-refractivity contribution in [3.05, 3.63) is 12.2 Å². The monoisotopic (exact) mass is 229 g/mol. The first-order valence-corrected chi connectivity index (χ1v) is 5.23. The van der Waals surface area contributed by atoms with E-state index in [1.807, 2.05) is 0 Å². The summed E-state index contributed by atoms with van der Waals surface area (Å²) < 4.78 is 23.9. The Morgan fingerprint density at radius 2 is 2.08 bits per heavy atom. The van der Waals surface area contributed by atoms with E-state index in [-0.39, 0.29) is 0 Å². The average Bonchev–Trinajstić information content (AvgIpc) is 1.85. The molecule has 0 saturated carbocycles. The maximum Gasteiger partial charge on any atom is 0.267 e. The van der Waals surface area contributed by atoms with E-state index >= 15 is 0 Å². The first kappa shape index (κ1) is 11.6. The summed E-state index contributed by atoms with van der Waals surface area (Å²) in [7, 11) is -3.73. The van der Waals surface area contributed by atoms with Crippen LogP contribution in [0.2, 0.25) is 0 Å². The number of allylic oxidation sites excluding steroid dienone is 1. The Morgan fingerprint density at radius 1 is 1.50 bits per heavy atom. The molecule has 0 unspecified atom stereocenters. The van der Waals surface area contributed by atoms with E-state index in [1.165, 1.54) is 12.2 Å². The number of alkyl halides is 2. The Morgan fingerprint density at radius 3 is 2.50 bits per heavy atom. The van der Waals surface area contributed by atoms with Gasteiger partial charge in [-0.1, -0.05) is 16.5 Å². The molecule has 0 amide bonds. The molecule has 0 aromatic carbocycles. The van der Waals surface area contributed by atoms with E-state index in [0.717, 1.165) is 6.08 Å². The SMILES string of the molecule is O=C=NS(=O)(=O)CC=CC(Cl)Cl. The largest absolute Gasteiger partial charge is 0.267 e. The number of sulfonamides is 1. The summed E-state index contributed by atoms with van der Waals surface area (Å²) in [6.45, 7) is 0. The first-order valence-electron chi connectivity index (χ1n) is 2.74. The van der Waals surface area contributed by atoms with Gasteiger partial charge in [-0.3, -0.25) is 0 Å². The van der Waals surface area contributed by atoms with Crippen molar-refractivity contribution in [2.45, 2.75) is 4.84 Å². The molecular weight excluding hydrogens is 225 g/mol. The van der Waals surface area contributed by atoms with Crippen LogP contribution in [0.1, 0.15) is 0 Å². The van der Waals surface area contributed by atoms with Gasteiger partial charge in [0, 0.05) is 0 Å². The van der Waals surface area contributed by atoms with Gasteiger partial charge in [-0.15, -0.1) is 23.2 Å². The zero-order chi connectivity index (χ0) is 9.61. The minimum Gasteiger partial charge on any atom is -0.210 e. The molecule has 0 spiro atoms. The third-order valence-corrected chi connectivity index (χ3v) is 2.02. The van der Waals surface area contributed by atoms with Crippen LogP contribution in [-0.2, 0) is 14.8 Å². The van der Waals surface area contributed by atoms with Crippen LogP contribution in [0.25, 0.3) is 0 Å². The van der Waals surface area contributed by atoms with Gasteiger partial charge in [-0.25, -0.2) is 13.2 Å². The van der Waals surface area contributed by atoms with Crippen LogP contribution in [0.5, 0.6) is 0 Å². The molecule has 12 heavy (non-hydrogen) atoms. The molecule has 0 bridgehead atoms. The molecule has 0 aromatic rings. The van der Waals surface area contributed by atoms with E-state index < -0.39 is 20.6 Å². The van der Waals surface area contributed by atoms with Crippen molar-refractivity contribution in [2.24, 2.45) is 4.40 Å². The molecule has 0 atom stereocenters. The second kappa shape index (κ2) is 5.32. The van der Waals surface area contributed by atoms with E-state index in [9.17, 15) is 13.2 Å². The van der Waals surface area contributed by atoms with Crippen LogP contribution in [-0.4, -0.2) is 25.1 Å². The summed E-state index contributed by atoms with van der Waals surface area (Å²) in [5.74, 6) is -0.405. The Bertz CT molecular complexity index is 303. The minimum absolute atomic E-state index is 0.405. The molecule has 0 heterocycles. The molecule has 0 aromatic heterocycles. The Labute approximate surface area is 79.9 Å². The lowest BCUT2D eigenvalue weighted by Crippen LogP contribution is -1.99. The van der Waals surface area contributed by atoms with E-state index in [4.69, 9.17) is 23.2 Å². The molecule has 0 aliphatic heterocycles. The fourth-order valence-corrected chi connectivity index (χ4v) is 1.12. The van der Waals surface area contributed by atoms with Crippen LogP contribution in [0.3, 0.4) is 0 Å². The molecular formula is C5H5Cl2NO3S. The summed E-state index contributed by atoms with van der Waals surface area (Å²) >= 11 is 10.5.